The van der Waals surface area contributed by atoms with Gasteiger partial charge in [0.25, 0.3) is 5.56 Å². The minimum Gasteiger partial charge on any atom is -0.383 e. The highest BCUT2D eigenvalue weighted by Gasteiger charge is 2.13. The van der Waals surface area contributed by atoms with E-state index in [1.807, 2.05) is 0 Å². The van der Waals surface area contributed by atoms with Crippen LogP contribution < -0.4 is 10.9 Å². The number of carbonyl (C=O) groups is 1. The Labute approximate surface area is 132 Å². The van der Waals surface area contributed by atoms with E-state index < -0.39 is 0 Å². The maximum absolute atomic E-state index is 13.1. The molecule has 1 heterocycles. The molecule has 0 bridgehead atoms. The Kier molecular flexibility index (Phi) is 5.59. The molecule has 0 radical (unpaired) electrons. The van der Waals surface area contributed by atoms with E-state index in [1.54, 1.807) is 6.92 Å². The number of nitrogens with zero attached hydrogens (tertiary/aromatic N) is 2. The molecule has 0 atom stereocenters. The number of carbonyl (C=O) groups excluding carboxylic acids is 1. The summed E-state index contributed by atoms with van der Waals surface area (Å²) in [7, 11) is 1.53. The molecule has 0 aliphatic heterocycles. The van der Waals surface area contributed by atoms with Crippen molar-refractivity contribution in [3.63, 3.8) is 0 Å². The third-order valence-electron chi connectivity index (χ3n) is 3.17. The number of amides is 1. The van der Waals surface area contributed by atoms with Gasteiger partial charge >= 0.3 is 0 Å². The fourth-order valence-electron chi connectivity index (χ4n) is 2.08. The van der Waals surface area contributed by atoms with E-state index in [4.69, 9.17) is 4.74 Å². The summed E-state index contributed by atoms with van der Waals surface area (Å²) in [6, 6.07) is 6.97. The van der Waals surface area contributed by atoms with Crippen LogP contribution in [0.1, 0.15) is 5.69 Å². The van der Waals surface area contributed by atoms with E-state index in [-0.39, 0.29) is 23.8 Å². The molecule has 1 aromatic carbocycles. The number of hydrogen-bond acceptors (Lipinski definition) is 4. The summed E-state index contributed by atoms with van der Waals surface area (Å²) < 4.78 is 19.2. The maximum atomic E-state index is 13.1. The van der Waals surface area contributed by atoms with Crippen molar-refractivity contribution in [3.8, 4) is 11.4 Å². The van der Waals surface area contributed by atoms with Crippen LogP contribution in [0.4, 0.5) is 4.39 Å². The van der Waals surface area contributed by atoms with Crippen molar-refractivity contribution < 1.29 is 13.9 Å². The lowest BCUT2D eigenvalue weighted by Crippen LogP contribution is -2.35. The molecular weight excluding hydrogens is 301 g/mol. The van der Waals surface area contributed by atoms with Crippen LogP contribution in [-0.2, 0) is 16.1 Å². The summed E-state index contributed by atoms with van der Waals surface area (Å²) in [5.74, 6) is -0.373. The molecular formula is C16H18FN3O3. The summed E-state index contributed by atoms with van der Waals surface area (Å²) in [6.07, 6.45) is 0. The summed E-state index contributed by atoms with van der Waals surface area (Å²) in [6.45, 7) is 2.27. The predicted molar refractivity (Wildman–Crippen MR) is 83.5 cm³/mol. The number of benzene rings is 1. The second-order valence-corrected chi connectivity index (χ2v) is 5.00. The van der Waals surface area contributed by atoms with Crippen molar-refractivity contribution in [2.45, 2.75) is 13.5 Å². The van der Waals surface area contributed by atoms with Gasteiger partial charge in [-0.15, -0.1) is 0 Å². The third kappa shape index (κ3) is 4.46. The lowest BCUT2D eigenvalue weighted by Gasteiger charge is -2.13. The SMILES string of the molecule is COCCNC(=O)Cn1c(-c2ccc(F)cc2)nc(C)cc1=O. The Bertz CT molecular complexity index is 741. The first kappa shape index (κ1) is 16.8. The summed E-state index contributed by atoms with van der Waals surface area (Å²) in [5.41, 5.74) is 0.765. The zero-order valence-corrected chi connectivity index (χ0v) is 13.0. The lowest BCUT2D eigenvalue weighted by molar-refractivity contribution is -0.121. The molecule has 0 aliphatic carbocycles. The van der Waals surface area contributed by atoms with Gasteiger partial charge in [-0.2, -0.15) is 0 Å². The van der Waals surface area contributed by atoms with Gasteiger partial charge in [0.15, 0.2) is 0 Å². The number of ether oxygens (including phenoxy) is 1. The molecule has 23 heavy (non-hydrogen) atoms. The lowest BCUT2D eigenvalue weighted by atomic mass is 10.2. The number of hydrogen-bond donors (Lipinski definition) is 1. The maximum Gasteiger partial charge on any atom is 0.254 e. The standard InChI is InChI=1S/C16H18FN3O3/c1-11-9-15(22)20(10-14(21)18-7-8-23-2)16(19-11)12-3-5-13(17)6-4-12/h3-6,9H,7-8,10H2,1-2H3,(H,18,21). The van der Waals surface area contributed by atoms with E-state index >= 15 is 0 Å². The van der Waals surface area contributed by atoms with E-state index in [9.17, 15) is 14.0 Å². The first-order valence-corrected chi connectivity index (χ1v) is 7.11. The van der Waals surface area contributed by atoms with Crippen molar-refractivity contribution in [2.24, 2.45) is 0 Å². The van der Waals surface area contributed by atoms with Crippen LogP contribution in [0, 0.1) is 12.7 Å². The minimum atomic E-state index is -0.382. The number of nitrogens with one attached hydrogen (secondary N) is 1. The fourth-order valence-corrected chi connectivity index (χ4v) is 2.08. The van der Waals surface area contributed by atoms with E-state index in [0.717, 1.165) is 0 Å². The third-order valence-corrected chi connectivity index (χ3v) is 3.17. The van der Waals surface area contributed by atoms with E-state index in [1.165, 1.54) is 42.0 Å². The monoisotopic (exact) mass is 319 g/mol. The molecule has 1 aromatic heterocycles. The quantitative estimate of drug-likeness (QED) is 0.810. The van der Waals surface area contributed by atoms with Gasteiger partial charge in [0.2, 0.25) is 5.91 Å². The highest BCUT2D eigenvalue weighted by Crippen LogP contribution is 2.16. The average molecular weight is 319 g/mol. The largest absolute Gasteiger partial charge is 0.383 e. The molecule has 2 aromatic rings. The molecule has 122 valence electrons. The average Bonchev–Trinajstić information content (AvgIpc) is 2.51. The van der Waals surface area contributed by atoms with Gasteiger partial charge in [-0.3, -0.25) is 14.2 Å². The molecule has 0 saturated heterocycles. The Morgan fingerprint density at radius 1 is 1.35 bits per heavy atom. The van der Waals surface area contributed by atoms with Crippen molar-refractivity contribution in [2.75, 3.05) is 20.3 Å². The highest BCUT2D eigenvalue weighted by atomic mass is 19.1. The Balaban J connectivity index is 2.33. The van der Waals surface area contributed by atoms with Gasteiger partial charge in [0.05, 0.1) is 6.61 Å². The molecule has 7 heteroatoms. The summed E-state index contributed by atoms with van der Waals surface area (Å²) in [4.78, 5) is 28.5. The Morgan fingerprint density at radius 2 is 2.04 bits per heavy atom. The van der Waals surface area contributed by atoms with Crippen molar-refractivity contribution in [1.29, 1.82) is 0 Å². The van der Waals surface area contributed by atoms with Gasteiger partial charge in [0.1, 0.15) is 18.2 Å². The molecule has 6 nitrogen and oxygen atoms in total. The van der Waals surface area contributed by atoms with Gasteiger partial charge in [0, 0.05) is 31.0 Å². The van der Waals surface area contributed by atoms with Gasteiger partial charge in [-0.05, 0) is 31.2 Å². The first-order valence-electron chi connectivity index (χ1n) is 7.11. The van der Waals surface area contributed by atoms with Crippen molar-refractivity contribution in [3.05, 3.63) is 52.2 Å². The van der Waals surface area contributed by atoms with Crippen LogP contribution in [0.15, 0.2) is 35.1 Å². The Morgan fingerprint density at radius 3 is 2.70 bits per heavy atom. The van der Waals surface area contributed by atoms with E-state index in [0.29, 0.717) is 30.2 Å². The van der Waals surface area contributed by atoms with Crippen LogP contribution in [0.2, 0.25) is 0 Å². The first-order chi connectivity index (χ1) is 11.0. The van der Waals surface area contributed by atoms with Crippen molar-refractivity contribution >= 4 is 5.91 Å². The van der Waals surface area contributed by atoms with Crippen LogP contribution in [0.3, 0.4) is 0 Å². The van der Waals surface area contributed by atoms with Crippen LogP contribution in [-0.4, -0.2) is 35.7 Å². The number of halogens is 1. The number of rotatable bonds is 6. The molecule has 0 spiro atoms. The number of aromatic nitrogens is 2. The summed E-state index contributed by atoms with van der Waals surface area (Å²) >= 11 is 0. The smallest absolute Gasteiger partial charge is 0.254 e. The fraction of sp³-hybridized carbons (Fsp3) is 0.312. The normalized spacial score (nSPS) is 10.6. The zero-order valence-electron chi connectivity index (χ0n) is 13.0. The van der Waals surface area contributed by atoms with Crippen LogP contribution >= 0.6 is 0 Å². The second-order valence-electron chi connectivity index (χ2n) is 5.00. The van der Waals surface area contributed by atoms with Gasteiger partial charge in [-0.25, -0.2) is 9.37 Å². The molecule has 0 aliphatic rings. The molecule has 2 rings (SSSR count). The number of methoxy groups -OCH3 is 1. The molecule has 1 N–H and O–H groups in total. The Hall–Kier alpha value is -2.54. The van der Waals surface area contributed by atoms with Gasteiger partial charge in [-0.1, -0.05) is 0 Å². The van der Waals surface area contributed by atoms with Crippen LogP contribution in [0.5, 0.6) is 0 Å². The molecule has 0 fully saturated rings. The van der Waals surface area contributed by atoms with Crippen LogP contribution in [0.25, 0.3) is 11.4 Å². The summed E-state index contributed by atoms with van der Waals surface area (Å²) in [5, 5.41) is 2.65. The predicted octanol–water partition coefficient (Wildman–Crippen LogP) is 1.12. The minimum absolute atomic E-state index is 0.164. The second kappa shape index (κ2) is 7.64. The molecule has 0 unspecified atom stereocenters. The zero-order chi connectivity index (χ0) is 16.8. The van der Waals surface area contributed by atoms with E-state index in [2.05, 4.69) is 10.3 Å². The van der Waals surface area contributed by atoms with Crippen molar-refractivity contribution in [1.82, 2.24) is 14.9 Å². The molecule has 0 saturated carbocycles. The number of aryl methyl sites for hydroxylation is 1. The molecule has 1 amide bonds. The van der Waals surface area contributed by atoms with Gasteiger partial charge < -0.3 is 10.1 Å². The topological polar surface area (TPSA) is 73.2 Å². The highest BCUT2D eigenvalue weighted by molar-refractivity contribution is 5.76.